The Morgan fingerprint density at radius 2 is 1.23 bits per heavy atom. The van der Waals surface area contributed by atoms with Gasteiger partial charge in [-0.1, -0.05) is 0 Å². The molecule has 0 radical (unpaired) electrons. The van der Waals surface area contributed by atoms with Crippen LogP contribution in [0.25, 0.3) is 0 Å². The fourth-order valence-corrected chi connectivity index (χ4v) is 47.3. The van der Waals surface area contributed by atoms with E-state index in [2.05, 4.69) is 65.1 Å². The number of unbranched alkanes of at least 4 members (excludes halogenated alkanes) is 2. The first kappa shape index (κ1) is 22.9. The molecule has 0 bridgehead atoms. The topological polar surface area (TPSA) is 0 Å². The van der Waals surface area contributed by atoms with Crippen LogP contribution in [0.5, 0.6) is 0 Å². The molecular formula is C22H37Cl2HfSi. The molecule has 0 aromatic rings. The minimum atomic E-state index is -4.20. The average Bonchev–Trinajstić information content (AvgIpc) is 3.14. The first-order valence-corrected chi connectivity index (χ1v) is 32.7. The molecule has 0 fully saturated rings. The van der Waals surface area contributed by atoms with Crippen LogP contribution < -0.4 is 0 Å². The third kappa shape index (κ3) is 4.29. The fraction of sp³-hybridized carbons (Fsp3) is 0.636. The predicted molar refractivity (Wildman–Crippen MR) is 121 cm³/mol. The van der Waals surface area contributed by atoms with Crippen molar-refractivity contribution in [1.82, 2.24) is 0 Å². The molecule has 0 amide bonds. The first-order chi connectivity index (χ1) is 12.1. The van der Waals surface area contributed by atoms with E-state index in [0.717, 1.165) is 0 Å². The molecule has 2 rings (SSSR count). The molecule has 0 aromatic heterocycles. The Balaban J connectivity index is 2.43. The van der Waals surface area contributed by atoms with Gasteiger partial charge in [0, 0.05) is 0 Å². The van der Waals surface area contributed by atoms with Gasteiger partial charge in [-0.3, -0.25) is 0 Å². The zero-order valence-electron chi connectivity index (χ0n) is 17.5. The van der Waals surface area contributed by atoms with Crippen LogP contribution in [0.15, 0.2) is 46.6 Å². The van der Waals surface area contributed by atoms with Crippen molar-refractivity contribution in [3.8, 4) is 0 Å². The van der Waals surface area contributed by atoms with E-state index >= 15 is 0 Å². The summed E-state index contributed by atoms with van der Waals surface area (Å²) < 4.78 is 0.674. The normalized spacial score (nSPS) is 24.9. The second-order valence-electron chi connectivity index (χ2n) is 8.80. The van der Waals surface area contributed by atoms with Crippen LogP contribution in [0.4, 0.5) is 0 Å². The Kier molecular flexibility index (Phi) is 7.90. The summed E-state index contributed by atoms with van der Waals surface area (Å²) in [5, 5.41) is 0. The number of allylic oxidation sites excluding steroid dienone is 8. The summed E-state index contributed by atoms with van der Waals surface area (Å²) in [6.07, 6.45) is 17.1. The van der Waals surface area contributed by atoms with Crippen molar-refractivity contribution in [2.24, 2.45) is 0 Å². The number of hydrogen-bond donors (Lipinski definition) is 0. The van der Waals surface area contributed by atoms with Gasteiger partial charge in [-0.15, -0.1) is 0 Å². The SMILES string of the molecule is CCCCC1=C[CH]([Hf]([Cl])([Cl])([CH]2C=C(CCCC)C=C2C)[SiH](C)C)C(C)=C1. The third-order valence-electron chi connectivity index (χ3n) is 6.50. The van der Waals surface area contributed by atoms with Gasteiger partial charge < -0.3 is 0 Å². The van der Waals surface area contributed by atoms with Gasteiger partial charge in [0.25, 0.3) is 0 Å². The third-order valence-corrected chi connectivity index (χ3v) is 80.5. The molecule has 0 aromatic carbocycles. The van der Waals surface area contributed by atoms with E-state index in [1.807, 2.05) is 0 Å². The molecule has 0 nitrogen and oxygen atoms in total. The molecule has 147 valence electrons. The molecule has 4 heteroatoms. The second-order valence-corrected chi connectivity index (χ2v) is 68.4. The summed E-state index contributed by atoms with van der Waals surface area (Å²) in [7, 11) is 15.6. The van der Waals surface area contributed by atoms with Gasteiger partial charge in [0.05, 0.1) is 0 Å². The van der Waals surface area contributed by atoms with Crippen LogP contribution in [-0.4, -0.2) is 5.98 Å². The van der Waals surface area contributed by atoms with Crippen molar-refractivity contribution < 1.29 is 15.3 Å². The van der Waals surface area contributed by atoms with E-state index in [4.69, 9.17) is 17.2 Å². The van der Waals surface area contributed by atoms with Crippen molar-refractivity contribution in [2.75, 3.05) is 0 Å². The molecule has 26 heavy (non-hydrogen) atoms. The molecule has 2 aliphatic carbocycles. The molecule has 2 unspecified atom stereocenters. The molecule has 0 heterocycles. The van der Waals surface area contributed by atoms with Crippen LogP contribution in [0.1, 0.15) is 66.2 Å². The molecule has 2 atom stereocenters. The van der Waals surface area contributed by atoms with E-state index in [-0.39, 0.29) is 0 Å². The average molecular weight is 579 g/mol. The Bertz CT molecular complexity index is 605. The van der Waals surface area contributed by atoms with Gasteiger partial charge >= 0.3 is 172 Å². The van der Waals surface area contributed by atoms with E-state index in [0.29, 0.717) is 7.35 Å². The first-order valence-electron chi connectivity index (χ1n) is 10.5. The molecular weight excluding hydrogens is 542 g/mol. The van der Waals surface area contributed by atoms with Gasteiger partial charge in [0.15, 0.2) is 0 Å². The van der Waals surface area contributed by atoms with Crippen molar-refractivity contribution in [3.63, 3.8) is 0 Å². The van der Waals surface area contributed by atoms with Crippen LogP contribution in [0, 0.1) is 0 Å². The molecule has 0 aliphatic heterocycles. The van der Waals surface area contributed by atoms with Gasteiger partial charge in [-0.25, -0.2) is 0 Å². The Morgan fingerprint density at radius 1 is 0.846 bits per heavy atom. The van der Waals surface area contributed by atoms with E-state index in [1.54, 1.807) is 0 Å². The fourth-order valence-electron chi connectivity index (χ4n) is 4.72. The van der Waals surface area contributed by atoms with Crippen molar-refractivity contribution >= 4 is 23.1 Å². The van der Waals surface area contributed by atoms with Gasteiger partial charge in [0.2, 0.25) is 0 Å². The Hall–Kier alpha value is 0.627. The number of hydrogen-bond acceptors (Lipinski definition) is 0. The quantitative estimate of drug-likeness (QED) is 0.240. The van der Waals surface area contributed by atoms with E-state index in [1.165, 1.54) is 60.8 Å². The van der Waals surface area contributed by atoms with E-state index < -0.39 is 21.3 Å². The maximum atomic E-state index is 7.81. The van der Waals surface area contributed by atoms with Crippen LogP contribution in [-0.2, 0) is 15.3 Å². The van der Waals surface area contributed by atoms with Crippen LogP contribution >= 0.6 is 17.2 Å². The van der Waals surface area contributed by atoms with Crippen molar-refractivity contribution in [3.05, 3.63) is 46.6 Å². The van der Waals surface area contributed by atoms with Gasteiger partial charge in [-0.2, -0.15) is 0 Å². The van der Waals surface area contributed by atoms with E-state index in [9.17, 15) is 0 Å². The van der Waals surface area contributed by atoms with Gasteiger partial charge in [-0.05, 0) is 0 Å². The molecule has 0 saturated heterocycles. The Labute approximate surface area is 170 Å². The number of rotatable bonds is 9. The maximum absolute atomic E-state index is 7.81. The summed E-state index contributed by atoms with van der Waals surface area (Å²) in [5.41, 5.74) is 5.81. The Morgan fingerprint density at radius 3 is 1.54 bits per heavy atom. The zero-order chi connectivity index (χ0) is 19.6. The summed E-state index contributed by atoms with van der Waals surface area (Å²) >= 11 is -4.20. The van der Waals surface area contributed by atoms with Crippen LogP contribution in [0.3, 0.4) is 0 Å². The molecule has 0 N–H and O–H groups in total. The molecule has 2 aliphatic rings. The second kappa shape index (κ2) is 8.97. The van der Waals surface area contributed by atoms with Crippen molar-refractivity contribution in [1.29, 1.82) is 0 Å². The minimum absolute atomic E-state index is 0.337. The van der Waals surface area contributed by atoms with Gasteiger partial charge in [0.1, 0.15) is 0 Å². The number of halogens is 2. The zero-order valence-corrected chi connectivity index (χ0v) is 23.8. The predicted octanol–water partition coefficient (Wildman–Crippen LogP) is 8.70. The molecule has 0 saturated carbocycles. The summed E-state index contributed by atoms with van der Waals surface area (Å²) in [6.45, 7) is 13.9. The summed E-state index contributed by atoms with van der Waals surface area (Å²) in [4.78, 5) is 0. The monoisotopic (exact) mass is 579 g/mol. The summed E-state index contributed by atoms with van der Waals surface area (Å²) in [5.74, 6) is -1.23. The molecule has 0 spiro atoms. The van der Waals surface area contributed by atoms with Crippen molar-refractivity contribution in [2.45, 2.75) is 86.7 Å². The standard InChI is InChI=1S/2C10H15.C2H7Si.2ClH.Hf/c2*1-3-4-5-10-7-6-9(2)8-10;1-3-2;;;/h2*6-8H,3-5H2,1-2H3;3H,1-2H3;2*1H;/q;;;;;+2/p-2. The summed E-state index contributed by atoms with van der Waals surface area (Å²) in [6, 6.07) is 0. The van der Waals surface area contributed by atoms with Crippen LogP contribution in [0.2, 0.25) is 20.4 Å².